The molecule has 2 amide bonds. The SMILES string of the molecule is CC[C@@H](C)NC(=O)[C@@H](CC)N(Cc1ccc(OC)cc1)C(=O)CN(c1ccccc1Br)S(C)(=O)=O. The van der Waals surface area contributed by atoms with E-state index < -0.39 is 28.5 Å². The van der Waals surface area contributed by atoms with E-state index in [0.717, 1.165) is 22.5 Å². The summed E-state index contributed by atoms with van der Waals surface area (Å²) in [6.45, 7) is 5.40. The maximum Gasteiger partial charge on any atom is 0.244 e. The van der Waals surface area contributed by atoms with Crippen LogP contribution in [0.25, 0.3) is 0 Å². The molecule has 0 aliphatic carbocycles. The van der Waals surface area contributed by atoms with Gasteiger partial charge in [-0.2, -0.15) is 0 Å². The molecule has 2 rings (SSSR count). The molecular formula is C25H34BrN3O5S. The number of ether oxygens (including phenoxy) is 1. The maximum atomic E-state index is 13.7. The van der Waals surface area contributed by atoms with Crippen molar-refractivity contribution < 1.29 is 22.7 Å². The smallest absolute Gasteiger partial charge is 0.244 e. The minimum atomic E-state index is -3.79. The van der Waals surface area contributed by atoms with Crippen molar-refractivity contribution in [2.24, 2.45) is 0 Å². The van der Waals surface area contributed by atoms with E-state index in [1.807, 2.05) is 32.9 Å². The van der Waals surface area contributed by atoms with Crippen molar-refractivity contribution in [3.63, 3.8) is 0 Å². The number of para-hydroxylation sites is 1. The van der Waals surface area contributed by atoms with E-state index in [9.17, 15) is 18.0 Å². The Morgan fingerprint density at radius 3 is 2.20 bits per heavy atom. The van der Waals surface area contributed by atoms with Crippen LogP contribution >= 0.6 is 15.9 Å². The summed E-state index contributed by atoms with van der Waals surface area (Å²) in [5.74, 6) is -0.0750. The molecule has 0 aliphatic heterocycles. The number of anilines is 1. The van der Waals surface area contributed by atoms with Crippen molar-refractivity contribution in [3.05, 3.63) is 58.6 Å². The standard InChI is InChI=1S/C25H34BrN3O5S/c1-6-18(3)27-25(31)22(7-2)28(16-19-12-14-20(34-4)15-13-19)24(30)17-29(35(5,32)33)23-11-9-8-10-21(23)26/h8-15,18,22H,6-7,16-17H2,1-5H3,(H,27,31)/t18-,22-/m1/s1. The lowest BCUT2D eigenvalue weighted by atomic mass is 10.1. The Morgan fingerprint density at radius 1 is 1.06 bits per heavy atom. The topological polar surface area (TPSA) is 96.0 Å². The Bertz CT molecular complexity index is 1110. The summed E-state index contributed by atoms with van der Waals surface area (Å²) < 4.78 is 32.2. The van der Waals surface area contributed by atoms with Gasteiger partial charge in [0.05, 0.1) is 19.1 Å². The summed E-state index contributed by atoms with van der Waals surface area (Å²) in [6.07, 6.45) is 2.18. The molecule has 192 valence electrons. The molecule has 8 nitrogen and oxygen atoms in total. The third-order valence-corrected chi connectivity index (χ3v) is 7.50. The number of carbonyl (C=O) groups is 2. The van der Waals surface area contributed by atoms with Crippen LogP contribution < -0.4 is 14.4 Å². The molecule has 0 aromatic heterocycles. The third-order valence-electron chi connectivity index (χ3n) is 5.70. The number of nitrogens with zero attached hydrogens (tertiary/aromatic N) is 2. The lowest BCUT2D eigenvalue weighted by Gasteiger charge is -2.33. The molecular weight excluding hydrogens is 534 g/mol. The highest BCUT2D eigenvalue weighted by Gasteiger charge is 2.32. The Morgan fingerprint density at radius 2 is 1.69 bits per heavy atom. The Labute approximate surface area is 216 Å². The molecule has 35 heavy (non-hydrogen) atoms. The number of hydrogen-bond donors (Lipinski definition) is 1. The number of benzene rings is 2. The predicted molar refractivity (Wildman–Crippen MR) is 142 cm³/mol. The fraction of sp³-hybridized carbons (Fsp3) is 0.440. The van der Waals surface area contributed by atoms with Gasteiger partial charge < -0.3 is 15.0 Å². The second-order valence-corrected chi connectivity index (χ2v) is 11.1. The molecule has 0 aliphatic rings. The highest BCUT2D eigenvalue weighted by molar-refractivity contribution is 9.10. The van der Waals surface area contributed by atoms with E-state index in [1.165, 1.54) is 4.90 Å². The maximum absolute atomic E-state index is 13.7. The summed E-state index contributed by atoms with van der Waals surface area (Å²) in [6, 6.07) is 13.2. The van der Waals surface area contributed by atoms with Gasteiger partial charge in [0.25, 0.3) is 0 Å². The molecule has 0 saturated heterocycles. The van der Waals surface area contributed by atoms with Crippen molar-refractivity contribution in [2.75, 3.05) is 24.2 Å². The first-order valence-electron chi connectivity index (χ1n) is 11.5. The Hall–Kier alpha value is -2.59. The summed E-state index contributed by atoms with van der Waals surface area (Å²) >= 11 is 3.38. The third kappa shape index (κ3) is 7.96. The van der Waals surface area contributed by atoms with Gasteiger partial charge in [-0.15, -0.1) is 0 Å². The molecule has 10 heteroatoms. The number of carbonyl (C=O) groups excluding carboxylic acids is 2. The van der Waals surface area contributed by atoms with Crippen LogP contribution in [0.4, 0.5) is 5.69 Å². The minimum absolute atomic E-state index is 0.0534. The molecule has 0 unspecified atom stereocenters. The average Bonchev–Trinajstić information content (AvgIpc) is 2.82. The van der Waals surface area contributed by atoms with Crippen LogP contribution in [-0.4, -0.2) is 57.1 Å². The van der Waals surface area contributed by atoms with Crippen molar-refractivity contribution in [1.29, 1.82) is 0 Å². The van der Waals surface area contributed by atoms with E-state index in [4.69, 9.17) is 4.74 Å². The zero-order valence-electron chi connectivity index (χ0n) is 20.8. The largest absolute Gasteiger partial charge is 0.497 e. The second-order valence-electron chi connectivity index (χ2n) is 8.33. The molecule has 0 spiro atoms. The number of nitrogens with one attached hydrogen (secondary N) is 1. The van der Waals surface area contributed by atoms with Gasteiger partial charge in [0, 0.05) is 17.1 Å². The average molecular weight is 569 g/mol. The van der Waals surface area contributed by atoms with Crippen LogP contribution in [-0.2, 0) is 26.2 Å². The Balaban J connectivity index is 2.44. The fourth-order valence-electron chi connectivity index (χ4n) is 3.54. The van der Waals surface area contributed by atoms with Crippen LogP contribution in [0.5, 0.6) is 5.75 Å². The van der Waals surface area contributed by atoms with Gasteiger partial charge in [0.2, 0.25) is 21.8 Å². The molecule has 2 aromatic rings. The first kappa shape index (κ1) is 28.6. The number of amides is 2. The van der Waals surface area contributed by atoms with Gasteiger partial charge in [-0.25, -0.2) is 8.42 Å². The number of halogens is 1. The van der Waals surface area contributed by atoms with E-state index in [0.29, 0.717) is 22.3 Å². The molecule has 2 atom stereocenters. The normalized spacial score (nSPS) is 13.0. The molecule has 0 bridgehead atoms. The van der Waals surface area contributed by atoms with Crippen LogP contribution in [0.1, 0.15) is 39.2 Å². The number of methoxy groups -OCH3 is 1. The number of rotatable bonds is 12. The van der Waals surface area contributed by atoms with Crippen LogP contribution in [0.2, 0.25) is 0 Å². The van der Waals surface area contributed by atoms with Gasteiger partial charge in [-0.1, -0.05) is 38.1 Å². The van der Waals surface area contributed by atoms with Gasteiger partial charge in [0.15, 0.2) is 0 Å². The van der Waals surface area contributed by atoms with Crippen molar-refractivity contribution in [1.82, 2.24) is 10.2 Å². The van der Waals surface area contributed by atoms with E-state index in [-0.39, 0.29) is 18.5 Å². The molecule has 2 aromatic carbocycles. The molecule has 0 radical (unpaired) electrons. The van der Waals surface area contributed by atoms with Crippen LogP contribution in [0.15, 0.2) is 53.0 Å². The summed E-state index contributed by atoms with van der Waals surface area (Å²) in [7, 11) is -2.22. The first-order chi connectivity index (χ1) is 16.5. The zero-order valence-corrected chi connectivity index (χ0v) is 23.2. The predicted octanol–water partition coefficient (Wildman–Crippen LogP) is 3.95. The Kier molecular flexibility index (Phi) is 10.6. The lowest BCUT2D eigenvalue weighted by Crippen LogP contribution is -2.53. The van der Waals surface area contributed by atoms with Crippen molar-refractivity contribution in [2.45, 2.75) is 52.2 Å². The fourth-order valence-corrected chi connectivity index (χ4v) is 5.01. The molecule has 0 fully saturated rings. The minimum Gasteiger partial charge on any atom is -0.497 e. The second kappa shape index (κ2) is 12.9. The van der Waals surface area contributed by atoms with Gasteiger partial charge in [-0.3, -0.25) is 13.9 Å². The van der Waals surface area contributed by atoms with Crippen LogP contribution in [0.3, 0.4) is 0 Å². The number of hydrogen-bond acceptors (Lipinski definition) is 5. The monoisotopic (exact) mass is 567 g/mol. The van der Waals surface area contributed by atoms with E-state index in [2.05, 4.69) is 21.2 Å². The van der Waals surface area contributed by atoms with Crippen molar-refractivity contribution in [3.8, 4) is 5.75 Å². The van der Waals surface area contributed by atoms with E-state index in [1.54, 1.807) is 43.5 Å². The quantitative estimate of drug-likeness (QED) is 0.419. The van der Waals surface area contributed by atoms with E-state index >= 15 is 0 Å². The van der Waals surface area contributed by atoms with Gasteiger partial charge in [0.1, 0.15) is 18.3 Å². The number of sulfonamides is 1. The lowest BCUT2D eigenvalue weighted by molar-refractivity contribution is -0.140. The van der Waals surface area contributed by atoms with Gasteiger partial charge in [-0.05, 0) is 65.5 Å². The highest BCUT2D eigenvalue weighted by Crippen LogP contribution is 2.28. The summed E-state index contributed by atoms with van der Waals surface area (Å²) in [4.78, 5) is 28.2. The molecule has 0 saturated carbocycles. The first-order valence-corrected chi connectivity index (χ1v) is 14.1. The van der Waals surface area contributed by atoms with Gasteiger partial charge >= 0.3 is 0 Å². The summed E-state index contributed by atoms with van der Waals surface area (Å²) in [5.41, 5.74) is 1.14. The molecule has 1 N–H and O–H groups in total. The van der Waals surface area contributed by atoms with Crippen LogP contribution in [0, 0.1) is 0 Å². The highest BCUT2D eigenvalue weighted by atomic mass is 79.9. The molecule has 0 heterocycles. The van der Waals surface area contributed by atoms with Crippen molar-refractivity contribution >= 4 is 43.5 Å². The summed E-state index contributed by atoms with van der Waals surface area (Å²) in [5, 5.41) is 2.95. The zero-order chi connectivity index (χ0) is 26.2.